The highest BCUT2D eigenvalue weighted by Crippen LogP contribution is 2.44. The highest BCUT2D eigenvalue weighted by atomic mass is 32.2. The molecule has 0 aliphatic carbocycles. The van der Waals surface area contributed by atoms with Gasteiger partial charge >= 0.3 is 21.0 Å². The number of aryl methyl sites for hydroxylation is 2. The monoisotopic (exact) mass is 1010 g/mol. The molecule has 24 heteroatoms. The number of nitrogens with two attached hydrogens (primary N) is 2. The van der Waals surface area contributed by atoms with Crippen LogP contribution in [0.5, 0.6) is 0 Å². The molecule has 0 saturated carbocycles. The molecule has 8 aromatic rings. The van der Waals surface area contributed by atoms with Crippen LogP contribution in [0.2, 0.25) is 0 Å². The van der Waals surface area contributed by atoms with Gasteiger partial charge < -0.3 is 30.7 Å². The van der Waals surface area contributed by atoms with Crippen LogP contribution in [0.3, 0.4) is 0 Å². The molecule has 2 fully saturated rings. The summed E-state index contributed by atoms with van der Waals surface area (Å²) in [5.41, 5.74) is 19.4. The Morgan fingerprint density at radius 1 is 0.609 bits per heavy atom. The molecule has 20 nitrogen and oxygen atoms in total. The first kappa shape index (κ1) is 49.9. The third-order valence-corrected chi connectivity index (χ3v) is 14.2. The van der Waals surface area contributed by atoms with Crippen LogP contribution in [0.1, 0.15) is 31.5 Å². The number of fused-ring (bicyclic) bond motifs is 2. The molecule has 0 unspecified atom stereocenters. The number of anilines is 4. The maximum atomic E-state index is 11.0. The summed E-state index contributed by atoms with van der Waals surface area (Å²) in [7, 11) is -4.95. The second-order valence-electron chi connectivity index (χ2n) is 15.1. The molecule has 358 valence electrons. The average molecular weight is 1010 g/mol. The highest BCUT2D eigenvalue weighted by Gasteiger charge is 2.25. The van der Waals surface area contributed by atoms with Gasteiger partial charge in [-0.15, -0.1) is 27.0 Å². The van der Waals surface area contributed by atoms with E-state index in [1.807, 2.05) is 44.2 Å². The zero-order valence-electron chi connectivity index (χ0n) is 35.9. The average Bonchev–Trinajstić information content (AvgIpc) is 3.87. The zero-order valence-corrected chi connectivity index (χ0v) is 39.2. The fourth-order valence-electron chi connectivity index (χ4n) is 7.57. The molecule has 0 amide bonds. The van der Waals surface area contributed by atoms with Crippen molar-refractivity contribution in [1.82, 2.24) is 39.9 Å². The van der Waals surface area contributed by atoms with Crippen LogP contribution in [-0.4, -0.2) is 109 Å². The van der Waals surface area contributed by atoms with Crippen LogP contribution in [0, 0.1) is 13.8 Å². The summed E-state index contributed by atoms with van der Waals surface area (Å²) in [5, 5.41) is 0. The van der Waals surface area contributed by atoms with E-state index in [-0.39, 0.29) is 33.3 Å². The van der Waals surface area contributed by atoms with Gasteiger partial charge in [-0.05, 0) is 59.9 Å². The Bertz CT molecular complexity index is 3410. The fraction of sp³-hybridized carbons (Fsp3) is 0.289. The molecule has 69 heavy (non-hydrogen) atoms. The molecule has 2 aliphatic rings. The van der Waals surface area contributed by atoms with Crippen molar-refractivity contribution in [1.29, 1.82) is 0 Å². The van der Waals surface area contributed by atoms with Crippen LogP contribution in [-0.2, 0) is 37.0 Å². The summed E-state index contributed by atoms with van der Waals surface area (Å²) in [6.45, 7) is 9.58. The van der Waals surface area contributed by atoms with Crippen LogP contribution >= 0.6 is 22.7 Å². The van der Waals surface area contributed by atoms with Crippen molar-refractivity contribution in [3.63, 3.8) is 0 Å². The highest BCUT2D eigenvalue weighted by molar-refractivity contribution is 7.62. The molecule has 4 N–H and O–H groups in total. The Kier molecular flexibility index (Phi) is 15.9. The first-order valence-electron chi connectivity index (χ1n) is 20.7. The lowest BCUT2D eigenvalue weighted by molar-refractivity contribution is 0.122. The van der Waals surface area contributed by atoms with Crippen LogP contribution < -0.4 is 21.3 Å². The van der Waals surface area contributed by atoms with Crippen molar-refractivity contribution >= 4 is 93.3 Å². The largest absolute Gasteiger partial charge is 0.378 e. The van der Waals surface area contributed by atoms with Gasteiger partial charge in [0, 0.05) is 60.7 Å². The molecule has 8 heterocycles. The van der Waals surface area contributed by atoms with E-state index < -0.39 is 21.0 Å². The number of aromatic nitrogens is 8. The summed E-state index contributed by atoms with van der Waals surface area (Å²) in [6, 6.07) is 14.9. The summed E-state index contributed by atoms with van der Waals surface area (Å²) in [4.78, 5) is 42.3. The summed E-state index contributed by atoms with van der Waals surface area (Å²) in [6.07, 6.45) is 6.48. The van der Waals surface area contributed by atoms with E-state index in [1.54, 1.807) is 65.7 Å². The molecular weight excluding hydrogens is 961 g/mol. The molecule has 10 rings (SSSR count). The van der Waals surface area contributed by atoms with Crippen molar-refractivity contribution in [2.75, 3.05) is 73.9 Å². The smallest absolute Gasteiger partial charge is 0.316 e. The number of nitrogens with zero attached hydrogens (tertiary/aromatic N) is 12. The lowest BCUT2D eigenvalue weighted by atomic mass is 10.1. The first-order valence-corrected chi connectivity index (χ1v) is 24.4. The molecule has 2 aromatic carbocycles. The number of benzene rings is 2. The Labute approximate surface area is 408 Å². The SMILES string of the molecule is C.C.Cc1c(-c2cccc(CN=S(=O)=O)c2)sc2c(N3CCOCC3)nc(-c3cnc(N)nc3)nc12.Cc1c(-c2cccc(N=S(=O)=O)c2)sc2c(N3CCOCC3)nc(-c3cnc(N)nc3)nc12. The lowest BCUT2D eigenvalue weighted by Crippen LogP contribution is -2.36. The number of thiophene rings is 2. The van der Waals surface area contributed by atoms with Crippen molar-refractivity contribution < 1.29 is 26.3 Å². The van der Waals surface area contributed by atoms with Crippen molar-refractivity contribution in [3.8, 4) is 43.7 Å². The van der Waals surface area contributed by atoms with Gasteiger partial charge in [0.05, 0.1) is 70.2 Å². The molecule has 6 aromatic heterocycles. The van der Waals surface area contributed by atoms with Gasteiger partial charge in [-0.3, -0.25) is 0 Å². The minimum atomic E-state index is -2.52. The molecule has 2 aliphatic heterocycles. The van der Waals surface area contributed by atoms with Gasteiger partial charge in [-0.25, -0.2) is 39.9 Å². The minimum Gasteiger partial charge on any atom is -0.378 e. The Balaban J connectivity index is 0.000000198. The molecule has 0 bridgehead atoms. The number of morpholine rings is 2. The third kappa shape index (κ3) is 11.2. The van der Waals surface area contributed by atoms with Crippen molar-refractivity contribution in [3.05, 3.63) is 90.0 Å². The van der Waals surface area contributed by atoms with Crippen LogP contribution in [0.15, 0.2) is 82.0 Å². The Morgan fingerprint density at radius 3 is 1.51 bits per heavy atom. The molecule has 0 spiro atoms. The van der Waals surface area contributed by atoms with Gasteiger partial charge in [-0.2, -0.15) is 21.2 Å². The van der Waals surface area contributed by atoms with Gasteiger partial charge in [0.1, 0.15) is 0 Å². The van der Waals surface area contributed by atoms with Crippen molar-refractivity contribution in [2.24, 2.45) is 8.73 Å². The van der Waals surface area contributed by atoms with Crippen LogP contribution in [0.4, 0.5) is 29.2 Å². The molecule has 2 saturated heterocycles. The standard InChI is InChI=1S/C22H21N7O3S2.C21H19N7O3S2.2CH4/c1-13-17-19(33-18(13)15-4-2-3-14(9-15)10-26-34(30)31)21(29-5-7-32-8-6-29)28-20(27-17)16-11-24-22(23)25-12-16;1-12-16-18(32-17(12)13-3-2-4-15(9-13)27-33(29)30)20(28-5-7-31-8-6-28)26-19(25-16)14-10-23-21(22)24-11-14;;/h2-4,9,11-12H,5-8,10H2,1H3,(H2,23,24,25);2-4,9-11H,5-8H2,1H3,(H2,22,23,24);2*1H4. The topological polar surface area (TPSA) is 273 Å². The third-order valence-electron chi connectivity index (χ3n) is 10.8. The predicted octanol–water partition coefficient (Wildman–Crippen LogP) is 7.61. The molecule has 0 radical (unpaired) electrons. The predicted molar refractivity (Wildman–Crippen MR) is 272 cm³/mol. The summed E-state index contributed by atoms with van der Waals surface area (Å²) >= 11 is 3.20. The normalized spacial score (nSPS) is 13.5. The number of hydrogen-bond acceptors (Lipinski definition) is 22. The van der Waals surface area contributed by atoms with Crippen molar-refractivity contribution in [2.45, 2.75) is 35.2 Å². The maximum absolute atomic E-state index is 11.0. The van der Waals surface area contributed by atoms with E-state index in [9.17, 15) is 16.8 Å². The van der Waals surface area contributed by atoms with E-state index in [2.05, 4.69) is 38.5 Å². The second-order valence-corrected chi connectivity index (χ2v) is 18.5. The van der Waals surface area contributed by atoms with E-state index in [0.29, 0.717) is 54.9 Å². The van der Waals surface area contributed by atoms with Gasteiger partial charge in [0.15, 0.2) is 23.3 Å². The Morgan fingerprint density at radius 2 is 1.06 bits per heavy atom. The fourth-order valence-corrected chi connectivity index (χ4v) is 10.6. The summed E-state index contributed by atoms with van der Waals surface area (Å²) in [5.74, 6) is 3.11. The number of ether oxygens (including phenoxy) is 2. The quantitative estimate of drug-likeness (QED) is 0.141. The summed E-state index contributed by atoms with van der Waals surface area (Å²) < 4.78 is 64.0. The lowest BCUT2D eigenvalue weighted by Gasteiger charge is -2.28. The van der Waals surface area contributed by atoms with Gasteiger partial charge in [-0.1, -0.05) is 45.2 Å². The molecular formula is C45H48N14O6S4. The first-order chi connectivity index (χ1) is 32.5. The number of nitrogen functional groups attached to an aromatic ring is 2. The van der Waals surface area contributed by atoms with E-state index in [4.69, 9.17) is 40.9 Å². The second kappa shape index (κ2) is 22.0. The minimum absolute atomic E-state index is 0. The number of hydrogen-bond donors (Lipinski definition) is 2. The van der Waals surface area contributed by atoms with E-state index in [0.717, 1.165) is 95.8 Å². The zero-order chi connectivity index (χ0) is 46.6. The number of rotatable bonds is 9. The van der Waals surface area contributed by atoms with E-state index in [1.165, 1.54) is 0 Å². The van der Waals surface area contributed by atoms with E-state index >= 15 is 0 Å². The Hall–Kier alpha value is -6.96. The molecule has 0 atom stereocenters. The van der Waals surface area contributed by atoms with Gasteiger partial charge in [0.2, 0.25) is 11.9 Å². The van der Waals surface area contributed by atoms with Gasteiger partial charge in [0.25, 0.3) is 0 Å². The maximum Gasteiger partial charge on any atom is 0.316 e. The van der Waals surface area contributed by atoms with Crippen LogP contribution in [0.25, 0.3) is 64.1 Å².